The number of nitrogens with one attached hydrogen (secondary N) is 1. The molecule has 0 aliphatic carbocycles. The van der Waals surface area contributed by atoms with E-state index in [0.717, 1.165) is 16.7 Å². The normalized spacial score (nSPS) is 11.9. The van der Waals surface area contributed by atoms with Crippen LogP contribution in [0.15, 0.2) is 54.7 Å². The van der Waals surface area contributed by atoms with E-state index in [0.29, 0.717) is 16.5 Å². The van der Waals surface area contributed by atoms with Gasteiger partial charge in [-0.3, -0.25) is 9.78 Å². The van der Waals surface area contributed by atoms with E-state index in [4.69, 9.17) is 0 Å². The summed E-state index contributed by atoms with van der Waals surface area (Å²) in [5, 5.41) is 13.0. The van der Waals surface area contributed by atoms with Crippen molar-refractivity contribution in [3.05, 3.63) is 77.0 Å². The second-order valence-corrected chi connectivity index (χ2v) is 6.31. The largest absolute Gasteiger partial charge is 0.480 e. The Kier molecular flexibility index (Phi) is 4.98. The maximum atomic E-state index is 12.7. The summed E-state index contributed by atoms with van der Waals surface area (Å²) in [6.45, 7) is 3.89. The van der Waals surface area contributed by atoms with Gasteiger partial charge in [-0.25, -0.2) is 4.79 Å². The van der Waals surface area contributed by atoms with Crippen LogP contribution in [0, 0.1) is 13.8 Å². The van der Waals surface area contributed by atoms with E-state index < -0.39 is 17.9 Å². The number of nitrogens with zero attached hydrogens (tertiary/aromatic N) is 1. The highest BCUT2D eigenvalue weighted by atomic mass is 16.4. The summed E-state index contributed by atoms with van der Waals surface area (Å²) < 4.78 is 0. The van der Waals surface area contributed by atoms with Crippen molar-refractivity contribution in [2.24, 2.45) is 0 Å². The molecule has 26 heavy (non-hydrogen) atoms. The van der Waals surface area contributed by atoms with E-state index in [1.54, 1.807) is 18.3 Å². The molecule has 1 amide bonds. The van der Waals surface area contributed by atoms with Crippen LogP contribution >= 0.6 is 0 Å². The number of fused-ring (bicyclic) bond motifs is 1. The average molecular weight is 348 g/mol. The Balaban J connectivity index is 1.88. The Morgan fingerprint density at radius 3 is 2.42 bits per heavy atom. The summed E-state index contributed by atoms with van der Waals surface area (Å²) >= 11 is 0. The number of hydrogen-bond donors (Lipinski definition) is 2. The fourth-order valence-electron chi connectivity index (χ4n) is 3.11. The molecular weight excluding hydrogens is 328 g/mol. The van der Waals surface area contributed by atoms with Gasteiger partial charge < -0.3 is 10.4 Å². The van der Waals surface area contributed by atoms with Crippen molar-refractivity contribution in [3.8, 4) is 0 Å². The third kappa shape index (κ3) is 3.57. The predicted octanol–water partition coefficient (Wildman–Crippen LogP) is 3.28. The molecule has 1 heterocycles. The average Bonchev–Trinajstić information content (AvgIpc) is 2.63. The summed E-state index contributed by atoms with van der Waals surface area (Å²) in [6, 6.07) is 13.7. The number of carbonyl (C=O) groups excluding carboxylic acids is 1. The van der Waals surface area contributed by atoms with Crippen LogP contribution in [0.3, 0.4) is 0 Å². The van der Waals surface area contributed by atoms with Crippen LogP contribution in [-0.2, 0) is 11.2 Å². The van der Waals surface area contributed by atoms with E-state index >= 15 is 0 Å². The topological polar surface area (TPSA) is 79.3 Å². The minimum absolute atomic E-state index is 0.239. The van der Waals surface area contributed by atoms with Crippen LogP contribution in [0.4, 0.5) is 0 Å². The molecule has 0 spiro atoms. The Hall–Kier alpha value is -3.21. The molecule has 1 aromatic heterocycles. The molecule has 2 N–H and O–H groups in total. The zero-order chi connectivity index (χ0) is 18.7. The minimum Gasteiger partial charge on any atom is -0.480 e. The first kappa shape index (κ1) is 17.6. The summed E-state index contributed by atoms with van der Waals surface area (Å²) in [7, 11) is 0. The fourth-order valence-corrected chi connectivity index (χ4v) is 3.11. The molecule has 3 rings (SSSR count). The van der Waals surface area contributed by atoms with Crippen molar-refractivity contribution in [2.75, 3.05) is 0 Å². The molecule has 0 bridgehead atoms. The Labute approximate surface area is 151 Å². The lowest BCUT2D eigenvalue weighted by Crippen LogP contribution is -2.42. The first-order valence-electron chi connectivity index (χ1n) is 8.40. The number of benzene rings is 2. The molecule has 3 aromatic rings. The third-order valence-corrected chi connectivity index (χ3v) is 4.55. The van der Waals surface area contributed by atoms with Crippen molar-refractivity contribution in [2.45, 2.75) is 26.3 Å². The van der Waals surface area contributed by atoms with Crippen molar-refractivity contribution in [1.29, 1.82) is 0 Å². The van der Waals surface area contributed by atoms with Crippen molar-refractivity contribution >= 4 is 22.8 Å². The number of carboxylic acids is 1. The summed E-state index contributed by atoms with van der Waals surface area (Å²) in [5.74, 6) is -1.47. The molecule has 5 nitrogen and oxygen atoms in total. The van der Waals surface area contributed by atoms with Crippen LogP contribution in [-0.4, -0.2) is 28.0 Å². The number of hydrogen-bond acceptors (Lipinski definition) is 3. The molecule has 132 valence electrons. The quantitative estimate of drug-likeness (QED) is 0.742. The van der Waals surface area contributed by atoms with Gasteiger partial charge in [0.2, 0.25) is 0 Å². The number of aryl methyl sites for hydroxylation is 2. The van der Waals surface area contributed by atoms with Gasteiger partial charge in [-0.2, -0.15) is 0 Å². The molecular formula is C21H20N2O3. The number of aliphatic carboxylic acids is 1. The van der Waals surface area contributed by atoms with Gasteiger partial charge >= 0.3 is 5.97 Å². The third-order valence-electron chi connectivity index (χ3n) is 4.55. The van der Waals surface area contributed by atoms with Gasteiger partial charge in [-0.1, -0.05) is 36.4 Å². The Morgan fingerprint density at radius 1 is 1.04 bits per heavy atom. The van der Waals surface area contributed by atoms with Crippen molar-refractivity contribution < 1.29 is 14.7 Å². The summed E-state index contributed by atoms with van der Waals surface area (Å²) in [5.41, 5.74) is 4.09. The maximum Gasteiger partial charge on any atom is 0.326 e. The van der Waals surface area contributed by atoms with Crippen LogP contribution in [0.1, 0.15) is 27.0 Å². The number of aromatic nitrogens is 1. The van der Waals surface area contributed by atoms with Gasteiger partial charge in [0.15, 0.2) is 0 Å². The summed E-state index contributed by atoms with van der Waals surface area (Å²) in [4.78, 5) is 28.7. The van der Waals surface area contributed by atoms with E-state index in [1.165, 1.54) is 0 Å². The highest BCUT2D eigenvalue weighted by molar-refractivity contribution is 6.06. The molecule has 1 atom stereocenters. The molecule has 0 fully saturated rings. The van der Waals surface area contributed by atoms with E-state index in [-0.39, 0.29) is 6.42 Å². The number of rotatable bonds is 5. The zero-order valence-corrected chi connectivity index (χ0v) is 14.7. The number of carboxylic acid groups (broad SMARTS) is 1. The highest BCUT2D eigenvalue weighted by Crippen LogP contribution is 2.18. The number of para-hydroxylation sites is 1. The number of carbonyl (C=O) groups is 2. The van der Waals surface area contributed by atoms with Crippen LogP contribution in [0.2, 0.25) is 0 Å². The number of amides is 1. The lowest BCUT2D eigenvalue weighted by Gasteiger charge is -2.18. The molecule has 5 heteroatoms. The SMILES string of the molecule is Cc1cccc(C)c1C[C@H](NC(=O)c1ccnc2ccccc12)C(=O)O. The minimum atomic E-state index is -1.06. The second kappa shape index (κ2) is 7.35. The molecule has 0 saturated heterocycles. The molecule has 0 aliphatic rings. The monoisotopic (exact) mass is 348 g/mol. The molecule has 0 unspecified atom stereocenters. The smallest absolute Gasteiger partial charge is 0.326 e. The maximum absolute atomic E-state index is 12.7. The van der Waals surface area contributed by atoms with Gasteiger partial charge in [0.05, 0.1) is 11.1 Å². The van der Waals surface area contributed by atoms with Crippen molar-refractivity contribution in [3.63, 3.8) is 0 Å². The molecule has 0 aliphatic heterocycles. The Morgan fingerprint density at radius 2 is 1.73 bits per heavy atom. The van der Waals surface area contributed by atoms with Crippen LogP contribution in [0.5, 0.6) is 0 Å². The predicted molar refractivity (Wildman–Crippen MR) is 100 cm³/mol. The molecule has 0 saturated carbocycles. The van der Waals surface area contributed by atoms with Gasteiger partial charge in [0.1, 0.15) is 6.04 Å². The second-order valence-electron chi connectivity index (χ2n) is 6.31. The first-order chi connectivity index (χ1) is 12.5. The fraction of sp³-hybridized carbons (Fsp3) is 0.190. The van der Waals surface area contributed by atoms with Gasteiger partial charge in [-0.15, -0.1) is 0 Å². The van der Waals surface area contributed by atoms with Crippen LogP contribution in [0.25, 0.3) is 10.9 Å². The van der Waals surface area contributed by atoms with Crippen molar-refractivity contribution in [1.82, 2.24) is 10.3 Å². The van der Waals surface area contributed by atoms with Gasteiger partial charge in [0, 0.05) is 18.0 Å². The Bertz CT molecular complexity index is 956. The van der Waals surface area contributed by atoms with E-state index in [1.807, 2.05) is 50.2 Å². The van der Waals surface area contributed by atoms with Gasteiger partial charge in [0.25, 0.3) is 5.91 Å². The van der Waals surface area contributed by atoms with Gasteiger partial charge in [-0.05, 0) is 42.7 Å². The summed E-state index contributed by atoms with van der Waals surface area (Å²) in [6.07, 6.45) is 1.79. The lowest BCUT2D eigenvalue weighted by molar-refractivity contribution is -0.139. The number of pyridine rings is 1. The lowest BCUT2D eigenvalue weighted by atomic mass is 9.96. The van der Waals surface area contributed by atoms with E-state index in [9.17, 15) is 14.7 Å². The standard InChI is InChI=1S/C21H20N2O3/c1-13-6-5-7-14(2)17(13)12-19(21(25)26)23-20(24)16-10-11-22-18-9-4-3-8-15(16)18/h3-11,19H,12H2,1-2H3,(H,23,24)(H,25,26)/t19-/m0/s1. The highest BCUT2D eigenvalue weighted by Gasteiger charge is 2.23. The van der Waals surface area contributed by atoms with E-state index in [2.05, 4.69) is 10.3 Å². The first-order valence-corrected chi connectivity index (χ1v) is 8.40. The van der Waals surface area contributed by atoms with Crippen LogP contribution < -0.4 is 5.32 Å². The molecule has 2 aromatic carbocycles. The zero-order valence-electron chi connectivity index (χ0n) is 14.7. The molecule has 0 radical (unpaired) electrons.